The van der Waals surface area contributed by atoms with E-state index < -0.39 is 39.8 Å². The van der Waals surface area contributed by atoms with Crippen LogP contribution in [0.15, 0.2) is 6.20 Å². The van der Waals surface area contributed by atoms with Crippen molar-refractivity contribution >= 4 is 17.3 Å². The monoisotopic (exact) mass is 332 g/mol. The number of nitrogens with one attached hydrogen (secondary N) is 2. The Hall–Kier alpha value is -2.92. The third-order valence-corrected chi connectivity index (χ3v) is 2.99. The minimum Gasteiger partial charge on any atom is -0.317 e. The number of hydrogen-bond acceptors (Lipinski definition) is 5. The van der Waals surface area contributed by atoms with E-state index in [0.717, 1.165) is 10.9 Å². The molecule has 12 heteroatoms. The van der Waals surface area contributed by atoms with Gasteiger partial charge in [-0.05, 0) is 13.8 Å². The molecule has 9 nitrogen and oxygen atoms in total. The first-order valence-electron chi connectivity index (χ1n) is 6.30. The number of hydrogen-bond donors (Lipinski definition) is 2. The van der Waals surface area contributed by atoms with E-state index >= 15 is 0 Å². The third-order valence-electron chi connectivity index (χ3n) is 2.99. The Morgan fingerprint density at radius 3 is 2.70 bits per heavy atom. The summed E-state index contributed by atoms with van der Waals surface area (Å²) in [7, 11) is 0. The molecule has 0 spiro atoms. The highest BCUT2D eigenvalue weighted by Gasteiger charge is 2.39. The number of aromatic nitrogens is 4. The van der Waals surface area contributed by atoms with E-state index in [-0.39, 0.29) is 12.2 Å². The molecule has 2 N–H and O–H groups in total. The van der Waals surface area contributed by atoms with E-state index in [1.54, 1.807) is 6.92 Å². The van der Waals surface area contributed by atoms with Crippen LogP contribution in [0.3, 0.4) is 0 Å². The highest BCUT2D eigenvalue weighted by molar-refractivity contribution is 6.06. The SMILES string of the molecule is CCn1ncc([N+](=O)[O-])c1C(=O)Nc1c(C(F)(F)F)n[nH]c1C. The van der Waals surface area contributed by atoms with Crippen LogP contribution < -0.4 is 5.32 Å². The zero-order chi connectivity index (χ0) is 17.4. The van der Waals surface area contributed by atoms with Crippen molar-refractivity contribution in [2.24, 2.45) is 0 Å². The number of rotatable bonds is 4. The number of nitrogens with zero attached hydrogens (tertiary/aromatic N) is 4. The summed E-state index contributed by atoms with van der Waals surface area (Å²) in [5, 5.41) is 21.8. The molecular weight excluding hydrogens is 321 g/mol. The molecule has 0 atom stereocenters. The summed E-state index contributed by atoms with van der Waals surface area (Å²) in [6.45, 7) is 2.99. The van der Waals surface area contributed by atoms with Crippen molar-refractivity contribution in [3.05, 3.63) is 33.4 Å². The number of H-pyrrole nitrogens is 1. The molecular formula is C11H11F3N6O3. The molecule has 0 aliphatic carbocycles. The van der Waals surface area contributed by atoms with Crippen LogP contribution in [0.4, 0.5) is 24.5 Å². The highest BCUT2D eigenvalue weighted by atomic mass is 19.4. The number of aryl methyl sites for hydroxylation is 2. The Kier molecular flexibility index (Phi) is 4.08. The Bertz CT molecular complexity index is 764. The average molecular weight is 332 g/mol. The molecule has 1 amide bonds. The molecule has 0 saturated carbocycles. The normalized spacial score (nSPS) is 11.5. The summed E-state index contributed by atoms with van der Waals surface area (Å²) in [6, 6.07) is 0. The summed E-state index contributed by atoms with van der Waals surface area (Å²) in [5.74, 6) is -1.08. The van der Waals surface area contributed by atoms with E-state index in [1.165, 1.54) is 6.92 Å². The zero-order valence-corrected chi connectivity index (χ0v) is 11.9. The lowest BCUT2D eigenvalue weighted by Gasteiger charge is -2.09. The number of halogens is 3. The molecule has 0 unspecified atom stereocenters. The lowest BCUT2D eigenvalue weighted by atomic mass is 10.2. The van der Waals surface area contributed by atoms with Gasteiger partial charge in [0, 0.05) is 6.54 Å². The van der Waals surface area contributed by atoms with Gasteiger partial charge in [0.1, 0.15) is 6.20 Å². The van der Waals surface area contributed by atoms with Crippen LogP contribution in [0, 0.1) is 17.0 Å². The van der Waals surface area contributed by atoms with Crippen LogP contribution in [0.5, 0.6) is 0 Å². The van der Waals surface area contributed by atoms with Gasteiger partial charge < -0.3 is 5.32 Å². The van der Waals surface area contributed by atoms with Gasteiger partial charge in [-0.25, -0.2) is 0 Å². The smallest absolute Gasteiger partial charge is 0.317 e. The molecule has 0 fully saturated rings. The van der Waals surface area contributed by atoms with Gasteiger partial charge in [-0.3, -0.25) is 24.7 Å². The largest absolute Gasteiger partial charge is 0.437 e. The van der Waals surface area contributed by atoms with Crippen LogP contribution in [0.2, 0.25) is 0 Å². The lowest BCUT2D eigenvalue weighted by molar-refractivity contribution is -0.385. The molecule has 0 aliphatic rings. The summed E-state index contributed by atoms with van der Waals surface area (Å²) in [5.41, 5.74) is -2.96. The highest BCUT2D eigenvalue weighted by Crippen LogP contribution is 2.35. The molecule has 0 bridgehead atoms. The van der Waals surface area contributed by atoms with Crippen molar-refractivity contribution in [3.8, 4) is 0 Å². The van der Waals surface area contributed by atoms with Crippen molar-refractivity contribution in [1.82, 2.24) is 20.0 Å². The Balaban J connectivity index is 2.44. The molecule has 0 aromatic carbocycles. The number of nitro groups is 1. The first-order chi connectivity index (χ1) is 10.7. The summed E-state index contributed by atoms with van der Waals surface area (Å²) in [6.07, 6.45) is -3.92. The van der Waals surface area contributed by atoms with Crippen molar-refractivity contribution < 1.29 is 22.9 Å². The van der Waals surface area contributed by atoms with Gasteiger partial charge in [0.25, 0.3) is 5.91 Å². The second-order valence-corrected chi connectivity index (χ2v) is 4.48. The minimum absolute atomic E-state index is 0.0316. The lowest BCUT2D eigenvalue weighted by Crippen LogP contribution is -2.21. The summed E-state index contributed by atoms with van der Waals surface area (Å²) < 4.78 is 39.6. The number of carbonyl (C=O) groups is 1. The van der Waals surface area contributed by atoms with E-state index in [1.807, 2.05) is 5.32 Å². The fourth-order valence-corrected chi connectivity index (χ4v) is 1.94. The van der Waals surface area contributed by atoms with Crippen LogP contribution in [-0.2, 0) is 12.7 Å². The van der Waals surface area contributed by atoms with Crippen LogP contribution >= 0.6 is 0 Å². The third kappa shape index (κ3) is 3.00. The van der Waals surface area contributed by atoms with Crippen LogP contribution in [-0.4, -0.2) is 30.8 Å². The zero-order valence-electron chi connectivity index (χ0n) is 11.9. The topological polar surface area (TPSA) is 119 Å². The molecule has 124 valence electrons. The average Bonchev–Trinajstić information content (AvgIpc) is 3.02. The molecule has 0 radical (unpaired) electrons. The fraction of sp³-hybridized carbons (Fsp3) is 0.364. The maximum Gasteiger partial charge on any atom is 0.437 e. The molecule has 2 heterocycles. The van der Waals surface area contributed by atoms with E-state index in [0.29, 0.717) is 0 Å². The van der Waals surface area contributed by atoms with Crippen molar-refractivity contribution in [3.63, 3.8) is 0 Å². The minimum atomic E-state index is -4.79. The van der Waals surface area contributed by atoms with Gasteiger partial charge in [-0.15, -0.1) is 0 Å². The standard InChI is InChI=1S/C11H11F3N6O3/c1-3-19-8(6(4-15-19)20(22)23)10(21)16-7-5(2)17-18-9(7)11(12,13)14/h4H,3H2,1-2H3,(H,16,21)(H,17,18). The second kappa shape index (κ2) is 5.70. The van der Waals surface area contributed by atoms with Gasteiger partial charge in [0.15, 0.2) is 5.69 Å². The van der Waals surface area contributed by atoms with E-state index in [4.69, 9.17) is 0 Å². The summed E-state index contributed by atoms with van der Waals surface area (Å²) >= 11 is 0. The number of amides is 1. The van der Waals surface area contributed by atoms with Crippen molar-refractivity contribution in [2.75, 3.05) is 5.32 Å². The van der Waals surface area contributed by atoms with E-state index in [9.17, 15) is 28.1 Å². The number of carbonyl (C=O) groups excluding carboxylic acids is 1. The Morgan fingerprint density at radius 1 is 1.52 bits per heavy atom. The van der Waals surface area contributed by atoms with Gasteiger partial charge in [-0.1, -0.05) is 0 Å². The predicted octanol–water partition coefficient (Wildman–Crippen LogP) is 2.11. The van der Waals surface area contributed by atoms with Gasteiger partial charge in [0.2, 0.25) is 5.69 Å². The van der Waals surface area contributed by atoms with Gasteiger partial charge in [-0.2, -0.15) is 23.4 Å². The molecule has 0 saturated heterocycles. The molecule has 2 aromatic heterocycles. The first kappa shape index (κ1) is 16.5. The quantitative estimate of drug-likeness (QED) is 0.656. The fourth-order valence-electron chi connectivity index (χ4n) is 1.94. The Morgan fingerprint density at radius 2 is 2.17 bits per heavy atom. The Labute approximate surface area is 126 Å². The van der Waals surface area contributed by atoms with E-state index in [2.05, 4.69) is 15.3 Å². The maximum atomic E-state index is 12.8. The molecule has 0 aliphatic heterocycles. The number of anilines is 1. The van der Waals surface area contributed by atoms with Gasteiger partial charge >= 0.3 is 11.9 Å². The number of alkyl halides is 3. The van der Waals surface area contributed by atoms with Gasteiger partial charge in [0.05, 0.1) is 16.3 Å². The molecule has 2 rings (SSSR count). The molecule has 23 heavy (non-hydrogen) atoms. The van der Waals surface area contributed by atoms with Crippen molar-refractivity contribution in [1.29, 1.82) is 0 Å². The van der Waals surface area contributed by atoms with Crippen LogP contribution in [0.25, 0.3) is 0 Å². The second-order valence-electron chi connectivity index (χ2n) is 4.48. The first-order valence-corrected chi connectivity index (χ1v) is 6.30. The predicted molar refractivity (Wildman–Crippen MR) is 70.8 cm³/mol. The van der Waals surface area contributed by atoms with Crippen LogP contribution in [0.1, 0.15) is 28.8 Å². The molecule has 2 aromatic rings. The maximum absolute atomic E-state index is 12.8. The summed E-state index contributed by atoms with van der Waals surface area (Å²) in [4.78, 5) is 22.3. The van der Waals surface area contributed by atoms with Crippen molar-refractivity contribution in [2.45, 2.75) is 26.6 Å². The number of aromatic amines is 1.